The van der Waals surface area contributed by atoms with Gasteiger partial charge in [-0.25, -0.2) is 4.98 Å². The zero-order chi connectivity index (χ0) is 16.9. The van der Waals surface area contributed by atoms with E-state index in [1.165, 1.54) is 16.0 Å². The number of thiazole rings is 1. The van der Waals surface area contributed by atoms with Crippen molar-refractivity contribution in [3.8, 4) is 0 Å². The third-order valence-corrected chi connectivity index (χ3v) is 4.74. The molecule has 0 saturated heterocycles. The van der Waals surface area contributed by atoms with Crippen LogP contribution in [0.4, 0.5) is 0 Å². The van der Waals surface area contributed by atoms with Crippen molar-refractivity contribution < 1.29 is 0 Å². The van der Waals surface area contributed by atoms with Crippen molar-refractivity contribution in [2.75, 3.05) is 13.6 Å². The lowest BCUT2D eigenvalue weighted by atomic mass is 9.84. The van der Waals surface area contributed by atoms with Crippen molar-refractivity contribution in [3.05, 3.63) is 51.5 Å². The Labute approximate surface area is 143 Å². The van der Waals surface area contributed by atoms with Crippen LogP contribution >= 0.6 is 11.3 Å². The quantitative estimate of drug-likeness (QED) is 0.652. The molecule has 1 aromatic carbocycles. The van der Waals surface area contributed by atoms with Gasteiger partial charge < -0.3 is 10.6 Å². The number of benzene rings is 1. The standard InChI is InChI=1S/C18H26N4S/c1-13-6-8-15(9-7-13)18(3,4)12-22-17(19-5)21-11-16-20-10-14(2)23-16/h6-10H,11-12H2,1-5H3,(H2,19,21,22). The van der Waals surface area contributed by atoms with E-state index in [2.05, 4.69) is 72.6 Å². The summed E-state index contributed by atoms with van der Waals surface area (Å²) in [6, 6.07) is 8.72. The van der Waals surface area contributed by atoms with E-state index in [1.54, 1.807) is 18.4 Å². The third kappa shape index (κ3) is 5.06. The summed E-state index contributed by atoms with van der Waals surface area (Å²) in [5.74, 6) is 0.804. The molecule has 0 atom stereocenters. The number of rotatable bonds is 5. The molecule has 0 unspecified atom stereocenters. The first-order valence-electron chi connectivity index (χ1n) is 7.84. The number of aromatic nitrogens is 1. The normalized spacial score (nSPS) is 12.3. The summed E-state index contributed by atoms with van der Waals surface area (Å²) in [4.78, 5) is 9.88. The minimum absolute atomic E-state index is 0.0308. The SMILES string of the molecule is CN=C(NCc1ncc(C)s1)NCC(C)(C)c1ccc(C)cc1. The van der Waals surface area contributed by atoms with Gasteiger partial charge in [0.1, 0.15) is 5.01 Å². The summed E-state index contributed by atoms with van der Waals surface area (Å²) in [5.41, 5.74) is 2.64. The molecule has 2 aromatic rings. The molecule has 23 heavy (non-hydrogen) atoms. The fourth-order valence-corrected chi connectivity index (χ4v) is 3.00. The van der Waals surface area contributed by atoms with Crippen molar-refractivity contribution in [1.29, 1.82) is 0 Å². The molecule has 0 aliphatic carbocycles. The predicted molar refractivity (Wildman–Crippen MR) is 99.3 cm³/mol. The lowest BCUT2D eigenvalue weighted by molar-refractivity contribution is 0.508. The largest absolute Gasteiger partial charge is 0.356 e. The average molecular weight is 331 g/mol. The molecule has 0 spiro atoms. The first kappa shape index (κ1) is 17.5. The number of aryl methyl sites for hydroxylation is 2. The predicted octanol–water partition coefficient (Wildman–Crippen LogP) is 3.40. The van der Waals surface area contributed by atoms with Crippen LogP contribution in [0.25, 0.3) is 0 Å². The van der Waals surface area contributed by atoms with Crippen LogP contribution in [0.15, 0.2) is 35.5 Å². The van der Waals surface area contributed by atoms with Gasteiger partial charge in [-0.05, 0) is 19.4 Å². The van der Waals surface area contributed by atoms with Crippen molar-refractivity contribution in [2.24, 2.45) is 4.99 Å². The molecule has 0 aliphatic rings. The fraction of sp³-hybridized carbons (Fsp3) is 0.444. The number of nitrogens with zero attached hydrogens (tertiary/aromatic N) is 2. The molecule has 0 fully saturated rings. The van der Waals surface area contributed by atoms with Crippen molar-refractivity contribution in [3.63, 3.8) is 0 Å². The average Bonchev–Trinajstić information content (AvgIpc) is 2.93. The van der Waals surface area contributed by atoms with Crippen LogP contribution in [-0.2, 0) is 12.0 Å². The second kappa shape index (κ2) is 7.59. The Morgan fingerprint density at radius 2 is 1.87 bits per heavy atom. The Kier molecular flexibility index (Phi) is 5.77. The summed E-state index contributed by atoms with van der Waals surface area (Å²) < 4.78 is 0. The minimum atomic E-state index is 0.0308. The highest BCUT2D eigenvalue weighted by Crippen LogP contribution is 2.22. The van der Waals surface area contributed by atoms with Crippen LogP contribution in [0.1, 0.15) is 34.9 Å². The van der Waals surface area contributed by atoms with Gasteiger partial charge in [-0.2, -0.15) is 0 Å². The van der Waals surface area contributed by atoms with Gasteiger partial charge in [-0.15, -0.1) is 11.3 Å². The molecule has 0 saturated carbocycles. The summed E-state index contributed by atoms with van der Waals surface area (Å²) >= 11 is 1.71. The first-order valence-corrected chi connectivity index (χ1v) is 8.65. The molecule has 124 valence electrons. The van der Waals surface area contributed by atoms with Crippen molar-refractivity contribution in [2.45, 2.75) is 39.7 Å². The Balaban J connectivity index is 1.90. The van der Waals surface area contributed by atoms with E-state index >= 15 is 0 Å². The zero-order valence-corrected chi connectivity index (χ0v) is 15.4. The Hall–Kier alpha value is -1.88. The van der Waals surface area contributed by atoms with Crippen LogP contribution in [0.5, 0.6) is 0 Å². The maximum Gasteiger partial charge on any atom is 0.191 e. The van der Waals surface area contributed by atoms with Gasteiger partial charge in [0.15, 0.2) is 5.96 Å². The van der Waals surface area contributed by atoms with Gasteiger partial charge in [0.2, 0.25) is 0 Å². The molecule has 0 aliphatic heterocycles. The number of hydrogen-bond acceptors (Lipinski definition) is 3. The van der Waals surface area contributed by atoms with Gasteiger partial charge in [0, 0.05) is 30.1 Å². The van der Waals surface area contributed by atoms with Gasteiger partial charge in [0.05, 0.1) is 6.54 Å². The van der Waals surface area contributed by atoms with Crippen LogP contribution in [0.3, 0.4) is 0 Å². The van der Waals surface area contributed by atoms with Crippen molar-refractivity contribution >= 4 is 17.3 Å². The number of nitrogens with one attached hydrogen (secondary N) is 2. The lowest BCUT2D eigenvalue weighted by Crippen LogP contribution is -2.43. The van der Waals surface area contributed by atoms with Gasteiger partial charge >= 0.3 is 0 Å². The minimum Gasteiger partial charge on any atom is -0.356 e. The highest BCUT2D eigenvalue weighted by atomic mass is 32.1. The Morgan fingerprint density at radius 1 is 1.17 bits per heavy atom. The van der Waals surface area contributed by atoms with E-state index in [4.69, 9.17) is 0 Å². The Bertz CT molecular complexity index is 656. The fourth-order valence-electron chi connectivity index (χ4n) is 2.27. The molecule has 5 heteroatoms. The van der Waals surface area contributed by atoms with Crippen LogP contribution in [-0.4, -0.2) is 24.5 Å². The molecule has 0 amide bonds. The van der Waals surface area contributed by atoms with Gasteiger partial charge in [-0.3, -0.25) is 4.99 Å². The maximum absolute atomic E-state index is 4.36. The highest BCUT2D eigenvalue weighted by Gasteiger charge is 2.20. The molecule has 0 radical (unpaired) electrons. The number of hydrogen-bond donors (Lipinski definition) is 2. The topological polar surface area (TPSA) is 49.3 Å². The molecule has 4 nitrogen and oxygen atoms in total. The van der Waals surface area contributed by atoms with Crippen LogP contribution in [0.2, 0.25) is 0 Å². The monoisotopic (exact) mass is 330 g/mol. The summed E-state index contributed by atoms with van der Waals surface area (Å²) in [7, 11) is 1.79. The molecule has 1 aromatic heterocycles. The third-order valence-electron chi connectivity index (χ3n) is 3.83. The zero-order valence-electron chi connectivity index (χ0n) is 14.6. The lowest BCUT2D eigenvalue weighted by Gasteiger charge is -2.27. The second-order valence-electron chi connectivity index (χ2n) is 6.39. The van der Waals surface area contributed by atoms with Gasteiger partial charge in [-0.1, -0.05) is 43.7 Å². The summed E-state index contributed by atoms with van der Waals surface area (Å²) in [6.45, 7) is 10.2. The molecular formula is C18H26N4S. The molecular weight excluding hydrogens is 304 g/mol. The highest BCUT2D eigenvalue weighted by molar-refractivity contribution is 7.11. The van der Waals surface area contributed by atoms with Gasteiger partial charge in [0.25, 0.3) is 0 Å². The molecule has 2 rings (SSSR count). The van der Waals surface area contributed by atoms with E-state index in [0.29, 0.717) is 6.54 Å². The molecule has 2 N–H and O–H groups in total. The first-order chi connectivity index (χ1) is 10.9. The van der Waals surface area contributed by atoms with E-state index in [1.807, 2.05) is 6.20 Å². The van der Waals surface area contributed by atoms with Crippen LogP contribution in [0, 0.1) is 13.8 Å². The number of aliphatic imine (C=N–C) groups is 1. The molecule has 0 bridgehead atoms. The Morgan fingerprint density at radius 3 is 2.43 bits per heavy atom. The molecule has 1 heterocycles. The van der Waals surface area contributed by atoms with E-state index in [-0.39, 0.29) is 5.41 Å². The number of guanidine groups is 1. The van der Waals surface area contributed by atoms with E-state index in [0.717, 1.165) is 17.5 Å². The van der Waals surface area contributed by atoms with Crippen molar-refractivity contribution in [1.82, 2.24) is 15.6 Å². The smallest absolute Gasteiger partial charge is 0.191 e. The maximum atomic E-state index is 4.36. The van der Waals surface area contributed by atoms with Crippen LogP contribution < -0.4 is 10.6 Å². The second-order valence-corrected chi connectivity index (χ2v) is 7.71. The summed E-state index contributed by atoms with van der Waals surface area (Å²) in [5, 5.41) is 7.81. The van der Waals surface area contributed by atoms with E-state index < -0.39 is 0 Å². The van der Waals surface area contributed by atoms with E-state index in [9.17, 15) is 0 Å². The summed E-state index contributed by atoms with van der Waals surface area (Å²) in [6.07, 6.45) is 1.90.